The molecule has 8 nitrogen and oxygen atoms in total. The molecule has 7 rings (SSSR count). The molecular weight excluding hydrogens is 613 g/mol. The van der Waals surface area contributed by atoms with E-state index in [-0.39, 0.29) is 0 Å². The molecular formula is C31H58O8Si4. The van der Waals surface area contributed by atoms with Crippen molar-refractivity contribution >= 4 is 35.0 Å². The van der Waals surface area contributed by atoms with Crippen molar-refractivity contribution in [1.82, 2.24) is 0 Å². The molecule has 0 aromatic rings. The Hall–Kier alpha value is 0.548. The normalized spacial score (nSPS) is 50.5. The standard InChI is InChI=1S/C31H58O8Si4/c1-5-32-15-19-42(3)37-40(16-12-23-6-9-26-29(20-23)33-26)36-41(2,17-13-24-7-10-27-30(21-24)34-27)38-43(4,39-42)18-14-25-8-11-28-31(22-25)35-28/h23-31,40H,5-22H2,1-4H3. The first kappa shape index (κ1) is 32.1. The molecule has 4 heterocycles. The van der Waals surface area contributed by atoms with Crippen LogP contribution in [0, 0.1) is 17.8 Å². The number of epoxide rings is 3. The van der Waals surface area contributed by atoms with Gasteiger partial charge in [-0.05, 0) is 140 Å². The van der Waals surface area contributed by atoms with E-state index < -0.39 is 35.0 Å². The van der Waals surface area contributed by atoms with Gasteiger partial charge in [0, 0.05) is 19.3 Å². The maximum Gasteiger partial charge on any atom is 0.319 e. The van der Waals surface area contributed by atoms with E-state index in [1.54, 1.807) is 0 Å². The largest absolute Gasteiger partial charge is 0.418 e. The first-order valence-corrected chi connectivity index (χ1v) is 27.3. The summed E-state index contributed by atoms with van der Waals surface area (Å²) in [5, 5.41) is 0. The molecule has 3 saturated carbocycles. The average molecular weight is 671 g/mol. The smallest absolute Gasteiger partial charge is 0.319 e. The van der Waals surface area contributed by atoms with Crippen LogP contribution in [0.3, 0.4) is 0 Å². The lowest BCUT2D eigenvalue weighted by Crippen LogP contribution is -2.64. The number of ether oxygens (including phenoxy) is 4. The summed E-state index contributed by atoms with van der Waals surface area (Å²) in [7, 11) is -9.65. The molecule has 0 aromatic carbocycles. The Balaban J connectivity index is 1.06. The lowest BCUT2D eigenvalue weighted by atomic mass is 9.88. The molecule has 0 aromatic heterocycles. The topological polar surface area (TPSA) is 83.7 Å². The predicted molar refractivity (Wildman–Crippen MR) is 174 cm³/mol. The van der Waals surface area contributed by atoms with E-state index >= 15 is 0 Å². The molecule has 0 N–H and O–H groups in total. The molecule has 0 radical (unpaired) electrons. The Bertz CT molecular complexity index is 967. The molecule has 7 aliphatic rings. The van der Waals surface area contributed by atoms with Crippen LogP contribution >= 0.6 is 0 Å². The highest BCUT2D eigenvalue weighted by Crippen LogP contribution is 2.45. The molecule has 43 heavy (non-hydrogen) atoms. The molecule has 3 aliphatic carbocycles. The van der Waals surface area contributed by atoms with E-state index in [0.717, 1.165) is 48.5 Å². The van der Waals surface area contributed by atoms with Gasteiger partial charge in [0.2, 0.25) is 0 Å². The fourth-order valence-corrected chi connectivity index (χ4v) is 29.8. The Morgan fingerprint density at radius 2 is 1.05 bits per heavy atom. The second kappa shape index (κ2) is 13.2. The molecule has 246 valence electrons. The number of fused-ring (bicyclic) bond motifs is 3. The van der Waals surface area contributed by atoms with E-state index in [4.69, 9.17) is 35.4 Å². The van der Waals surface area contributed by atoms with Gasteiger partial charge < -0.3 is 35.4 Å². The zero-order chi connectivity index (χ0) is 29.7. The molecule has 0 amide bonds. The van der Waals surface area contributed by atoms with Crippen LogP contribution in [0.2, 0.25) is 43.8 Å². The van der Waals surface area contributed by atoms with Gasteiger partial charge in [-0.25, -0.2) is 0 Å². The average Bonchev–Trinajstić information content (AvgIpc) is 3.85. The van der Waals surface area contributed by atoms with E-state index in [2.05, 4.69) is 26.6 Å². The van der Waals surface area contributed by atoms with Crippen molar-refractivity contribution in [2.75, 3.05) is 13.2 Å². The van der Waals surface area contributed by atoms with Crippen LogP contribution in [0.15, 0.2) is 0 Å². The third-order valence-corrected chi connectivity index (χ3v) is 29.0. The van der Waals surface area contributed by atoms with Crippen LogP contribution in [0.4, 0.5) is 0 Å². The second-order valence-corrected chi connectivity index (χ2v) is 28.8. The fraction of sp³-hybridized carbons (Fsp3) is 1.00. The summed E-state index contributed by atoms with van der Waals surface area (Å²) in [6, 6.07) is 3.98. The summed E-state index contributed by atoms with van der Waals surface area (Å²) >= 11 is 0. The van der Waals surface area contributed by atoms with Gasteiger partial charge in [0.1, 0.15) is 0 Å². The molecule has 4 aliphatic heterocycles. The van der Waals surface area contributed by atoms with Crippen LogP contribution in [-0.4, -0.2) is 84.8 Å². The van der Waals surface area contributed by atoms with Crippen LogP contribution in [-0.2, 0) is 35.4 Å². The van der Waals surface area contributed by atoms with Crippen molar-refractivity contribution in [3.05, 3.63) is 0 Å². The maximum absolute atomic E-state index is 7.47. The summed E-state index contributed by atoms with van der Waals surface area (Å²) in [6.07, 6.45) is 18.0. The third kappa shape index (κ3) is 8.53. The van der Waals surface area contributed by atoms with Crippen LogP contribution in [0.5, 0.6) is 0 Å². The highest BCUT2D eigenvalue weighted by atomic mass is 28.5. The lowest BCUT2D eigenvalue weighted by Gasteiger charge is -2.48. The Morgan fingerprint density at radius 3 is 1.53 bits per heavy atom. The van der Waals surface area contributed by atoms with Gasteiger partial charge in [-0.1, -0.05) is 0 Å². The predicted octanol–water partition coefficient (Wildman–Crippen LogP) is 6.41. The monoisotopic (exact) mass is 670 g/mol. The van der Waals surface area contributed by atoms with Crippen molar-refractivity contribution in [1.29, 1.82) is 0 Å². The minimum absolute atomic E-state index is 0.517. The summed E-state index contributed by atoms with van der Waals surface area (Å²) in [4.78, 5) is 0. The van der Waals surface area contributed by atoms with Crippen molar-refractivity contribution in [3.8, 4) is 0 Å². The van der Waals surface area contributed by atoms with E-state index in [0.29, 0.717) is 43.2 Å². The molecule has 13 unspecified atom stereocenters. The molecule has 0 bridgehead atoms. The summed E-state index contributed by atoms with van der Waals surface area (Å²) in [6.45, 7) is 10.5. The van der Waals surface area contributed by atoms with Crippen LogP contribution < -0.4 is 0 Å². The molecule has 13 atom stereocenters. The summed E-state index contributed by atoms with van der Waals surface area (Å²) in [5.41, 5.74) is 0. The van der Waals surface area contributed by atoms with Crippen molar-refractivity contribution < 1.29 is 35.4 Å². The van der Waals surface area contributed by atoms with Crippen molar-refractivity contribution in [3.63, 3.8) is 0 Å². The van der Waals surface area contributed by atoms with E-state index in [1.165, 1.54) is 77.0 Å². The quantitative estimate of drug-likeness (QED) is 0.126. The highest BCUT2D eigenvalue weighted by molar-refractivity contribution is 6.90. The Kier molecular flexibility index (Phi) is 9.87. The molecule has 4 saturated heterocycles. The summed E-state index contributed by atoms with van der Waals surface area (Å²) < 4.78 is 52.9. The van der Waals surface area contributed by atoms with Gasteiger partial charge in [0.05, 0.1) is 36.6 Å². The lowest BCUT2D eigenvalue weighted by molar-refractivity contribution is 0.151. The second-order valence-electron chi connectivity index (χ2n) is 15.5. The van der Waals surface area contributed by atoms with Gasteiger partial charge in [-0.3, -0.25) is 0 Å². The third-order valence-electron chi connectivity index (χ3n) is 11.7. The maximum atomic E-state index is 7.47. The zero-order valence-electron chi connectivity index (χ0n) is 27.3. The number of rotatable bonds is 13. The molecule has 0 spiro atoms. The minimum atomic E-state index is -2.56. The molecule has 7 fully saturated rings. The minimum Gasteiger partial charge on any atom is -0.418 e. The fourth-order valence-electron chi connectivity index (χ4n) is 8.96. The van der Waals surface area contributed by atoms with Crippen LogP contribution in [0.25, 0.3) is 0 Å². The Labute approximate surface area is 265 Å². The summed E-state index contributed by atoms with van der Waals surface area (Å²) in [5.74, 6) is 2.19. The number of hydrogen-bond donors (Lipinski definition) is 0. The van der Waals surface area contributed by atoms with Crippen molar-refractivity contribution in [2.24, 2.45) is 17.8 Å². The Morgan fingerprint density at radius 1 is 0.581 bits per heavy atom. The van der Waals surface area contributed by atoms with Gasteiger partial charge in [0.15, 0.2) is 0 Å². The SMILES string of the molecule is CCOCC[Si]1(C)O[SiH](CCC2CCC3OC3C2)O[Si](C)(CCC2CCC3OC3C2)O[Si](C)(CCC2CCC3OC3C2)O1. The van der Waals surface area contributed by atoms with Gasteiger partial charge in [0.25, 0.3) is 0 Å². The van der Waals surface area contributed by atoms with E-state index in [1.807, 2.05) is 0 Å². The first-order chi connectivity index (χ1) is 20.7. The number of hydrogen-bond acceptors (Lipinski definition) is 8. The van der Waals surface area contributed by atoms with Crippen LogP contribution in [0.1, 0.15) is 84.0 Å². The molecule has 12 heteroatoms. The van der Waals surface area contributed by atoms with Gasteiger partial charge in [-0.2, -0.15) is 0 Å². The van der Waals surface area contributed by atoms with Gasteiger partial charge >= 0.3 is 35.0 Å². The zero-order valence-corrected chi connectivity index (χ0v) is 31.4. The van der Waals surface area contributed by atoms with Gasteiger partial charge in [-0.15, -0.1) is 0 Å². The van der Waals surface area contributed by atoms with E-state index in [9.17, 15) is 0 Å². The first-order valence-electron chi connectivity index (χ1n) is 18.0. The van der Waals surface area contributed by atoms with Crippen molar-refractivity contribution in [2.45, 2.75) is 164 Å². The highest BCUT2D eigenvalue weighted by Gasteiger charge is 2.54.